The predicted molar refractivity (Wildman–Crippen MR) is 60.6 cm³/mol. The summed E-state index contributed by atoms with van der Waals surface area (Å²) in [4.78, 5) is 11.6. The number of aliphatic hydroxyl groups is 1. The summed E-state index contributed by atoms with van der Waals surface area (Å²) < 4.78 is 0.897. The molecule has 1 unspecified atom stereocenters. The zero-order chi connectivity index (χ0) is 10.8. The van der Waals surface area contributed by atoms with Gasteiger partial charge in [0.05, 0.1) is 6.61 Å². The van der Waals surface area contributed by atoms with Crippen molar-refractivity contribution in [1.82, 2.24) is 5.32 Å². The normalized spacial score (nSPS) is 18.8. The van der Waals surface area contributed by atoms with Crippen LogP contribution in [0.2, 0.25) is 0 Å². The van der Waals surface area contributed by atoms with Crippen LogP contribution < -0.4 is 10.6 Å². The van der Waals surface area contributed by atoms with Crippen LogP contribution in [0.25, 0.3) is 0 Å². The number of hydrogen-bond donors (Lipinski definition) is 3. The molecule has 80 valence electrons. The minimum atomic E-state index is -0.372. The summed E-state index contributed by atoms with van der Waals surface area (Å²) in [6.07, 6.45) is 0. The average Bonchev–Trinajstić information content (AvgIpc) is 2.53. The zero-order valence-electron chi connectivity index (χ0n) is 7.96. The average molecular weight is 271 g/mol. The van der Waals surface area contributed by atoms with Gasteiger partial charge in [-0.1, -0.05) is 22.0 Å². The van der Waals surface area contributed by atoms with Crippen LogP contribution in [0.5, 0.6) is 0 Å². The number of rotatable bonds is 3. The molecule has 0 bridgehead atoms. The van der Waals surface area contributed by atoms with Gasteiger partial charge < -0.3 is 10.4 Å². The quantitative estimate of drug-likeness (QED) is 0.769. The van der Waals surface area contributed by atoms with E-state index in [1.165, 1.54) is 0 Å². The van der Waals surface area contributed by atoms with E-state index in [-0.39, 0.29) is 18.6 Å². The Kier molecular flexibility index (Phi) is 3.04. The Bertz CT molecular complexity index is 395. The second-order valence-electron chi connectivity index (χ2n) is 3.30. The van der Waals surface area contributed by atoms with Gasteiger partial charge in [0.25, 0.3) is 0 Å². The fourth-order valence-corrected chi connectivity index (χ4v) is 2.27. The summed E-state index contributed by atoms with van der Waals surface area (Å²) in [5.41, 5.74) is 1.74. The number of aliphatic hydroxyl groups excluding tert-OH is 1. The molecule has 0 aliphatic carbocycles. The highest BCUT2D eigenvalue weighted by molar-refractivity contribution is 9.10. The van der Waals surface area contributed by atoms with E-state index in [0.717, 1.165) is 15.7 Å². The van der Waals surface area contributed by atoms with Gasteiger partial charge in [-0.2, -0.15) is 0 Å². The smallest absolute Gasteiger partial charge is 0.246 e. The van der Waals surface area contributed by atoms with E-state index in [1.807, 2.05) is 18.2 Å². The van der Waals surface area contributed by atoms with Crippen LogP contribution in [-0.2, 0) is 4.79 Å². The Hall–Kier alpha value is -0.910. The van der Waals surface area contributed by atoms with Crippen LogP contribution in [-0.4, -0.2) is 24.2 Å². The van der Waals surface area contributed by atoms with Crippen LogP contribution in [0, 0.1) is 0 Å². The summed E-state index contributed by atoms with van der Waals surface area (Å²) in [6.45, 7) is 0.419. The number of anilines is 1. The summed E-state index contributed by atoms with van der Waals surface area (Å²) in [5.74, 6) is -0.0784. The summed E-state index contributed by atoms with van der Waals surface area (Å²) in [7, 11) is 0. The minimum absolute atomic E-state index is 0.0174. The second-order valence-corrected chi connectivity index (χ2v) is 4.16. The highest BCUT2D eigenvalue weighted by Gasteiger charge is 2.31. The first-order valence-electron chi connectivity index (χ1n) is 4.67. The van der Waals surface area contributed by atoms with Crippen molar-refractivity contribution in [1.29, 1.82) is 0 Å². The highest BCUT2D eigenvalue weighted by atomic mass is 79.9. The molecular formula is C10H11BrN2O2. The van der Waals surface area contributed by atoms with Crippen LogP contribution in [0.3, 0.4) is 0 Å². The first-order valence-corrected chi connectivity index (χ1v) is 5.47. The van der Waals surface area contributed by atoms with Crippen molar-refractivity contribution in [2.75, 3.05) is 18.5 Å². The standard InChI is InChI=1S/C10H11BrN2O2/c11-6-2-1-3-7-8(6)9(10(15)13-7)12-4-5-14/h1-3,9,12,14H,4-5H2,(H,13,15). The van der Waals surface area contributed by atoms with E-state index in [2.05, 4.69) is 26.6 Å². The fraction of sp³-hybridized carbons (Fsp3) is 0.300. The van der Waals surface area contributed by atoms with E-state index in [9.17, 15) is 4.79 Å². The van der Waals surface area contributed by atoms with Gasteiger partial charge in [-0.15, -0.1) is 0 Å². The van der Waals surface area contributed by atoms with Crippen molar-refractivity contribution in [2.24, 2.45) is 0 Å². The molecule has 0 aromatic heterocycles. The van der Waals surface area contributed by atoms with Gasteiger partial charge in [0.1, 0.15) is 6.04 Å². The molecule has 1 amide bonds. The van der Waals surface area contributed by atoms with Crippen molar-refractivity contribution in [3.05, 3.63) is 28.2 Å². The van der Waals surface area contributed by atoms with Gasteiger partial charge in [-0.3, -0.25) is 10.1 Å². The van der Waals surface area contributed by atoms with Gasteiger partial charge >= 0.3 is 0 Å². The molecule has 0 saturated heterocycles. The van der Waals surface area contributed by atoms with E-state index < -0.39 is 0 Å². The summed E-state index contributed by atoms with van der Waals surface area (Å²) >= 11 is 3.41. The second kappa shape index (κ2) is 4.30. The molecule has 1 atom stereocenters. The van der Waals surface area contributed by atoms with E-state index in [4.69, 9.17) is 5.11 Å². The van der Waals surface area contributed by atoms with E-state index >= 15 is 0 Å². The first kappa shape index (κ1) is 10.6. The number of benzene rings is 1. The lowest BCUT2D eigenvalue weighted by molar-refractivity contribution is -0.117. The van der Waals surface area contributed by atoms with Gasteiger partial charge in [-0.25, -0.2) is 0 Å². The third kappa shape index (κ3) is 1.90. The molecule has 1 heterocycles. The Morgan fingerprint density at radius 2 is 2.33 bits per heavy atom. The van der Waals surface area contributed by atoms with Crippen LogP contribution >= 0.6 is 15.9 Å². The number of halogens is 1. The maximum Gasteiger partial charge on any atom is 0.246 e. The van der Waals surface area contributed by atoms with Crippen LogP contribution in [0.15, 0.2) is 22.7 Å². The van der Waals surface area contributed by atoms with Crippen molar-refractivity contribution in [3.63, 3.8) is 0 Å². The van der Waals surface area contributed by atoms with E-state index in [0.29, 0.717) is 6.54 Å². The lowest BCUT2D eigenvalue weighted by Crippen LogP contribution is -2.29. The largest absolute Gasteiger partial charge is 0.395 e. The van der Waals surface area contributed by atoms with Crippen molar-refractivity contribution in [3.8, 4) is 0 Å². The molecule has 0 radical (unpaired) electrons. The monoisotopic (exact) mass is 270 g/mol. The Balaban J connectivity index is 2.31. The fourth-order valence-electron chi connectivity index (χ4n) is 1.68. The topological polar surface area (TPSA) is 61.4 Å². The molecule has 1 aliphatic heterocycles. The molecule has 1 aliphatic rings. The van der Waals surface area contributed by atoms with Crippen LogP contribution in [0.1, 0.15) is 11.6 Å². The Morgan fingerprint density at radius 3 is 3.07 bits per heavy atom. The van der Waals surface area contributed by atoms with Gasteiger partial charge in [0.15, 0.2) is 0 Å². The lowest BCUT2D eigenvalue weighted by atomic mass is 10.1. The maximum absolute atomic E-state index is 11.6. The van der Waals surface area contributed by atoms with Crippen LogP contribution in [0.4, 0.5) is 5.69 Å². The number of carbonyl (C=O) groups is 1. The Morgan fingerprint density at radius 1 is 1.53 bits per heavy atom. The lowest BCUT2D eigenvalue weighted by Gasteiger charge is -2.11. The zero-order valence-corrected chi connectivity index (χ0v) is 9.54. The number of hydrogen-bond acceptors (Lipinski definition) is 3. The van der Waals surface area contributed by atoms with Gasteiger partial charge in [0, 0.05) is 22.3 Å². The number of amides is 1. The third-order valence-electron chi connectivity index (χ3n) is 2.32. The molecule has 1 aromatic rings. The third-order valence-corrected chi connectivity index (χ3v) is 3.01. The van der Waals surface area contributed by atoms with Crippen molar-refractivity contribution >= 4 is 27.5 Å². The molecule has 3 N–H and O–H groups in total. The molecule has 5 heteroatoms. The minimum Gasteiger partial charge on any atom is -0.395 e. The molecule has 4 nitrogen and oxygen atoms in total. The molecule has 0 fully saturated rings. The number of nitrogens with one attached hydrogen (secondary N) is 2. The SMILES string of the molecule is O=C1Nc2cccc(Br)c2C1NCCO. The first-order chi connectivity index (χ1) is 7.24. The molecular weight excluding hydrogens is 260 g/mol. The molecule has 1 aromatic carbocycles. The number of fused-ring (bicyclic) bond motifs is 1. The molecule has 0 spiro atoms. The summed E-state index contributed by atoms with van der Waals surface area (Å²) in [5, 5.41) is 14.5. The summed E-state index contributed by atoms with van der Waals surface area (Å²) in [6, 6.07) is 5.26. The van der Waals surface area contributed by atoms with Crippen molar-refractivity contribution < 1.29 is 9.90 Å². The number of carbonyl (C=O) groups excluding carboxylic acids is 1. The highest BCUT2D eigenvalue weighted by Crippen LogP contribution is 2.36. The molecule has 2 rings (SSSR count). The molecule has 0 saturated carbocycles. The van der Waals surface area contributed by atoms with Crippen molar-refractivity contribution in [2.45, 2.75) is 6.04 Å². The van der Waals surface area contributed by atoms with Gasteiger partial charge in [-0.05, 0) is 12.1 Å². The predicted octanol–water partition coefficient (Wildman–Crippen LogP) is 1.02. The van der Waals surface area contributed by atoms with Gasteiger partial charge in [0.2, 0.25) is 5.91 Å². The van der Waals surface area contributed by atoms with E-state index in [1.54, 1.807) is 0 Å². The maximum atomic E-state index is 11.6. The Labute approximate surface area is 95.8 Å². The molecule has 15 heavy (non-hydrogen) atoms.